The quantitative estimate of drug-likeness (QED) is 0.436. The Morgan fingerprint density at radius 1 is 1.34 bits per heavy atom. The lowest BCUT2D eigenvalue weighted by atomic mass is 9.97. The summed E-state index contributed by atoms with van der Waals surface area (Å²) in [5, 5.41) is 4.70. The van der Waals surface area contributed by atoms with Gasteiger partial charge >= 0.3 is 0 Å². The van der Waals surface area contributed by atoms with Crippen molar-refractivity contribution in [2.24, 2.45) is 5.10 Å². The highest BCUT2D eigenvalue weighted by atomic mass is 32.1. The van der Waals surface area contributed by atoms with Crippen LogP contribution in [-0.2, 0) is 17.6 Å². The number of hydrogen-bond acceptors (Lipinski definition) is 7. The van der Waals surface area contributed by atoms with E-state index in [1.54, 1.807) is 37.5 Å². The number of amides is 1. The molecule has 0 spiro atoms. The maximum absolute atomic E-state index is 13.1. The van der Waals surface area contributed by atoms with Crippen molar-refractivity contribution in [2.75, 3.05) is 13.7 Å². The lowest BCUT2D eigenvalue weighted by Crippen LogP contribution is -2.34. The molecule has 1 atom stereocenters. The monoisotopic (exact) mass is 454 g/mol. The number of ether oxygens (including phenoxy) is 2. The molecule has 1 amide bonds. The van der Waals surface area contributed by atoms with Gasteiger partial charge in [0.1, 0.15) is 10.9 Å². The summed E-state index contributed by atoms with van der Waals surface area (Å²) in [5.74, 6) is 0.828. The van der Waals surface area contributed by atoms with Crippen LogP contribution in [0.1, 0.15) is 48.7 Å². The zero-order valence-electron chi connectivity index (χ0n) is 18.4. The largest absolute Gasteiger partial charge is 0.493 e. The first-order valence-electron chi connectivity index (χ1n) is 10.7. The number of hydrazone groups is 1. The van der Waals surface area contributed by atoms with E-state index in [9.17, 15) is 9.59 Å². The Morgan fingerprint density at radius 3 is 2.94 bits per heavy atom. The highest BCUT2D eigenvalue weighted by Crippen LogP contribution is 2.33. The van der Waals surface area contributed by atoms with Crippen LogP contribution in [-0.4, -0.2) is 35.4 Å². The zero-order chi connectivity index (χ0) is 22.7. The molecule has 1 aliphatic rings. The molecule has 1 aromatic carbocycles. The Labute approximate surface area is 189 Å². The number of carbonyl (C=O) groups excluding carboxylic acids is 1. The SMILES string of the molecule is CCOc1ccc(/C=N\NC(=O)[C@@H](C)n2cnc3sc4c(c3c2=O)CCCC4)cc1OC. The highest BCUT2D eigenvalue weighted by molar-refractivity contribution is 7.18. The molecule has 3 aromatic rings. The smallest absolute Gasteiger partial charge is 0.263 e. The van der Waals surface area contributed by atoms with Gasteiger partial charge in [0.2, 0.25) is 0 Å². The lowest BCUT2D eigenvalue weighted by Gasteiger charge is -2.14. The van der Waals surface area contributed by atoms with Gasteiger partial charge in [0.05, 0.1) is 31.6 Å². The van der Waals surface area contributed by atoms with Crippen LogP contribution in [0, 0.1) is 0 Å². The number of nitrogens with one attached hydrogen (secondary N) is 1. The van der Waals surface area contributed by atoms with Gasteiger partial charge in [-0.3, -0.25) is 14.2 Å². The fraction of sp³-hybridized carbons (Fsp3) is 0.391. The van der Waals surface area contributed by atoms with Crippen molar-refractivity contribution in [3.05, 3.63) is 50.9 Å². The van der Waals surface area contributed by atoms with E-state index < -0.39 is 11.9 Å². The Morgan fingerprint density at radius 2 is 2.16 bits per heavy atom. The molecule has 1 N–H and O–H groups in total. The Balaban J connectivity index is 1.50. The molecular weight excluding hydrogens is 428 g/mol. The third kappa shape index (κ3) is 4.25. The molecule has 2 aromatic heterocycles. The second-order valence-electron chi connectivity index (χ2n) is 7.60. The van der Waals surface area contributed by atoms with Crippen molar-refractivity contribution in [1.29, 1.82) is 0 Å². The van der Waals surface area contributed by atoms with Gasteiger partial charge in [-0.2, -0.15) is 5.10 Å². The van der Waals surface area contributed by atoms with Crippen LogP contribution in [0.15, 0.2) is 34.4 Å². The van der Waals surface area contributed by atoms with Gasteiger partial charge in [-0.25, -0.2) is 10.4 Å². The van der Waals surface area contributed by atoms with Crippen molar-refractivity contribution in [3.63, 3.8) is 0 Å². The number of nitrogens with zero attached hydrogens (tertiary/aromatic N) is 3. The van der Waals surface area contributed by atoms with Crippen LogP contribution >= 0.6 is 11.3 Å². The summed E-state index contributed by atoms with van der Waals surface area (Å²) < 4.78 is 12.2. The van der Waals surface area contributed by atoms with E-state index >= 15 is 0 Å². The van der Waals surface area contributed by atoms with Crippen molar-refractivity contribution in [3.8, 4) is 11.5 Å². The molecule has 0 radical (unpaired) electrons. The second kappa shape index (κ2) is 9.52. The minimum atomic E-state index is -0.745. The molecule has 0 aliphatic heterocycles. The third-order valence-electron chi connectivity index (χ3n) is 5.57. The van der Waals surface area contributed by atoms with Crippen LogP contribution in [0.3, 0.4) is 0 Å². The average Bonchev–Trinajstić information content (AvgIpc) is 3.19. The van der Waals surface area contributed by atoms with Gasteiger partial charge < -0.3 is 9.47 Å². The molecule has 168 valence electrons. The van der Waals surface area contributed by atoms with Crippen LogP contribution in [0.2, 0.25) is 0 Å². The fourth-order valence-corrected chi connectivity index (χ4v) is 5.08. The maximum Gasteiger partial charge on any atom is 0.263 e. The molecule has 1 aliphatic carbocycles. The maximum atomic E-state index is 13.1. The van der Waals surface area contributed by atoms with E-state index in [1.807, 2.05) is 13.0 Å². The molecule has 0 bridgehead atoms. The molecule has 32 heavy (non-hydrogen) atoms. The molecule has 0 fully saturated rings. The number of hydrogen-bond donors (Lipinski definition) is 1. The second-order valence-corrected chi connectivity index (χ2v) is 8.69. The Bertz CT molecular complexity index is 1230. The standard InChI is InChI=1S/C23H26N4O4S/c1-4-31-17-10-9-15(11-18(17)30-3)12-25-26-21(28)14(2)27-13-24-22-20(23(27)29)16-7-5-6-8-19(16)32-22/h9-14H,4-8H2,1-3H3,(H,26,28)/b25-12-/t14-/m1/s1. The summed E-state index contributed by atoms with van der Waals surface area (Å²) in [5.41, 5.74) is 4.19. The third-order valence-corrected chi connectivity index (χ3v) is 6.77. The number of aryl methyl sites for hydroxylation is 2. The molecule has 0 saturated heterocycles. The van der Waals surface area contributed by atoms with Crippen LogP contribution < -0.4 is 20.5 Å². The number of aromatic nitrogens is 2. The molecule has 0 saturated carbocycles. The molecule has 0 unspecified atom stereocenters. The van der Waals surface area contributed by atoms with Crippen molar-refractivity contribution in [1.82, 2.24) is 15.0 Å². The van der Waals surface area contributed by atoms with E-state index in [-0.39, 0.29) is 5.56 Å². The first-order chi connectivity index (χ1) is 15.5. The summed E-state index contributed by atoms with van der Waals surface area (Å²) in [7, 11) is 1.56. The predicted octanol–water partition coefficient (Wildman–Crippen LogP) is 3.46. The fourth-order valence-electron chi connectivity index (χ4n) is 3.86. The normalized spacial score (nSPS) is 14.3. The molecule has 9 heteroatoms. The number of fused-ring (bicyclic) bond motifs is 3. The van der Waals surface area contributed by atoms with Gasteiger partial charge in [0, 0.05) is 4.88 Å². The predicted molar refractivity (Wildman–Crippen MR) is 125 cm³/mol. The minimum Gasteiger partial charge on any atom is -0.493 e. The van der Waals surface area contributed by atoms with Crippen molar-refractivity contribution in [2.45, 2.75) is 45.6 Å². The molecule has 8 nitrogen and oxygen atoms in total. The number of rotatable bonds is 7. The highest BCUT2D eigenvalue weighted by Gasteiger charge is 2.23. The van der Waals surface area contributed by atoms with Gasteiger partial charge in [0.15, 0.2) is 11.5 Å². The number of methoxy groups -OCH3 is 1. The van der Waals surface area contributed by atoms with Gasteiger partial charge in [-0.1, -0.05) is 0 Å². The summed E-state index contributed by atoms with van der Waals surface area (Å²) in [6, 6.07) is 4.63. The number of benzene rings is 1. The zero-order valence-corrected chi connectivity index (χ0v) is 19.2. The minimum absolute atomic E-state index is 0.169. The van der Waals surface area contributed by atoms with Crippen LogP contribution in [0.4, 0.5) is 0 Å². The average molecular weight is 455 g/mol. The summed E-state index contributed by atoms with van der Waals surface area (Å²) in [4.78, 5) is 32.3. The summed E-state index contributed by atoms with van der Waals surface area (Å²) >= 11 is 1.59. The van der Waals surface area contributed by atoms with Crippen molar-refractivity contribution >= 4 is 33.7 Å². The van der Waals surface area contributed by atoms with Gasteiger partial charge in [0.25, 0.3) is 11.5 Å². The lowest BCUT2D eigenvalue weighted by molar-refractivity contribution is -0.123. The van der Waals surface area contributed by atoms with E-state index in [1.165, 1.54) is 22.0 Å². The van der Waals surface area contributed by atoms with E-state index in [2.05, 4.69) is 15.5 Å². The molecule has 2 heterocycles. The number of thiophene rings is 1. The summed E-state index contributed by atoms with van der Waals surface area (Å²) in [6.45, 7) is 4.10. The topological polar surface area (TPSA) is 94.8 Å². The van der Waals surface area contributed by atoms with Crippen molar-refractivity contribution < 1.29 is 14.3 Å². The molecular formula is C23H26N4O4S. The Kier molecular flexibility index (Phi) is 6.55. The van der Waals surface area contributed by atoms with E-state index in [0.29, 0.717) is 23.5 Å². The summed E-state index contributed by atoms with van der Waals surface area (Å²) in [6.07, 6.45) is 7.09. The Hall–Kier alpha value is -3.20. The first kappa shape index (κ1) is 22.0. The van der Waals surface area contributed by atoms with Crippen LogP contribution in [0.5, 0.6) is 11.5 Å². The van der Waals surface area contributed by atoms with E-state index in [0.717, 1.165) is 41.6 Å². The first-order valence-corrected chi connectivity index (χ1v) is 11.5. The van der Waals surface area contributed by atoms with Gasteiger partial charge in [-0.15, -0.1) is 11.3 Å². The van der Waals surface area contributed by atoms with Gasteiger partial charge in [-0.05, 0) is 68.9 Å². The number of carbonyl (C=O) groups is 1. The molecule has 4 rings (SSSR count). The van der Waals surface area contributed by atoms with E-state index in [4.69, 9.17) is 9.47 Å². The van der Waals surface area contributed by atoms with Crippen LogP contribution in [0.25, 0.3) is 10.2 Å².